The van der Waals surface area contributed by atoms with Gasteiger partial charge in [-0.25, -0.2) is 0 Å². The zero-order valence-corrected chi connectivity index (χ0v) is 15.1. The van der Waals surface area contributed by atoms with Crippen molar-refractivity contribution < 1.29 is 23.9 Å². The fourth-order valence-electron chi connectivity index (χ4n) is 5.17. The molecule has 0 aromatic rings. The van der Waals surface area contributed by atoms with E-state index < -0.39 is 17.4 Å². The Hall–Kier alpha value is -1.63. The fraction of sp³-hybridized carbons (Fsp3) is 0.833. The summed E-state index contributed by atoms with van der Waals surface area (Å²) >= 11 is 0. The van der Waals surface area contributed by atoms with Gasteiger partial charge in [-0.3, -0.25) is 14.4 Å². The molecule has 0 aliphatic carbocycles. The predicted octanol–water partition coefficient (Wildman–Crippen LogP) is 0.422. The van der Waals surface area contributed by atoms with Crippen molar-refractivity contribution in [3.8, 4) is 0 Å². The van der Waals surface area contributed by atoms with Crippen LogP contribution in [0.2, 0.25) is 0 Å². The normalized spacial score (nSPS) is 43.0. The molecule has 0 aromatic carbocycles. The van der Waals surface area contributed by atoms with Crippen LogP contribution in [0.15, 0.2) is 0 Å². The van der Waals surface area contributed by atoms with E-state index in [0.29, 0.717) is 19.6 Å². The van der Waals surface area contributed by atoms with Gasteiger partial charge in [0.15, 0.2) is 0 Å². The van der Waals surface area contributed by atoms with E-state index in [1.165, 1.54) is 0 Å². The number of rotatable bonds is 1. The highest BCUT2D eigenvalue weighted by molar-refractivity contribution is 5.89. The van der Waals surface area contributed by atoms with Crippen LogP contribution in [0.5, 0.6) is 0 Å². The van der Waals surface area contributed by atoms with E-state index in [-0.39, 0.29) is 42.5 Å². The lowest BCUT2D eigenvalue weighted by Crippen LogP contribution is -2.51. The van der Waals surface area contributed by atoms with Gasteiger partial charge in [0.1, 0.15) is 18.1 Å². The van der Waals surface area contributed by atoms with Gasteiger partial charge in [0.05, 0.1) is 12.0 Å². The SMILES string of the molecule is CC(=O)N1CC(C)CN(C(=O)[C@H]2[C@H]3C(=O)OC[C@]34CC[C@H]2O4)C(C)C1. The van der Waals surface area contributed by atoms with Crippen molar-refractivity contribution in [2.45, 2.75) is 51.4 Å². The summed E-state index contributed by atoms with van der Waals surface area (Å²) in [6.07, 6.45) is 1.42. The molecule has 0 saturated carbocycles. The van der Waals surface area contributed by atoms with Gasteiger partial charge >= 0.3 is 5.97 Å². The lowest BCUT2D eigenvalue weighted by molar-refractivity contribution is -0.150. The van der Waals surface area contributed by atoms with Gasteiger partial charge in [-0.2, -0.15) is 0 Å². The van der Waals surface area contributed by atoms with E-state index in [1.54, 1.807) is 6.92 Å². The van der Waals surface area contributed by atoms with Crippen LogP contribution < -0.4 is 0 Å². The lowest BCUT2D eigenvalue weighted by atomic mass is 9.72. The van der Waals surface area contributed by atoms with Crippen LogP contribution in [0.1, 0.15) is 33.6 Å². The number of carbonyl (C=O) groups is 3. The molecule has 4 rings (SSSR count). The van der Waals surface area contributed by atoms with E-state index >= 15 is 0 Å². The Morgan fingerprint density at radius 3 is 2.68 bits per heavy atom. The second-order valence-electron chi connectivity index (χ2n) is 8.24. The number of esters is 1. The largest absolute Gasteiger partial charge is 0.462 e. The standard InChI is InChI=1S/C18H26N2O5/c1-10-6-19(12(3)21)8-11(2)20(7-10)16(22)14-13-4-5-18(25-13)9-24-17(23)15(14)18/h10-11,13-15H,4-9H2,1-3H3/t10?,11?,13-,14-,15+,18-/m1/s1. The van der Waals surface area contributed by atoms with E-state index in [4.69, 9.17) is 9.47 Å². The van der Waals surface area contributed by atoms with Crippen LogP contribution in [0.3, 0.4) is 0 Å². The van der Waals surface area contributed by atoms with E-state index in [0.717, 1.165) is 12.8 Å². The third kappa shape index (κ3) is 2.46. The Labute approximate surface area is 147 Å². The van der Waals surface area contributed by atoms with Gasteiger partial charge in [0.2, 0.25) is 11.8 Å². The smallest absolute Gasteiger partial charge is 0.313 e. The molecule has 7 heteroatoms. The van der Waals surface area contributed by atoms with E-state index in [2.05, 4.69) is 6.92 Å². The Morgan fingerprint density at radius 2 is 1.96 bits per heavy atom. The quantitative estimate of drug-likeness (QED) is 0.641. The summed E-state index contributed by atoms with van der Waals surface area (Å²) in [5.74, 6) is -0.978. The van der Waals surface area contributed by atoms with Gasteiger partial charge < -0.3 is 19.3 Å². The number of cyclic esters (lactones) is 1. The number of carbonyl (C=O) groups excluding carboxylic acids is 3. The summed E-state index contributed by atoms with van der Waals surface area (Å²) in [5, 5.41) is 0. The van der Waals surface area contributed by atoms with Crippen LogP contribution in [0.4, 0.5) is 0 Å². The molecule has 7 nitrogen and oxygen atoms in total. The van der Waals surface area contributed by atoms with Crippen molar-refractivity contribution in [2.75, 3.05) is 26.2 Å². The van der Waals surface area contributed by atoms with Crippen molar-refractivity contribution in [1.29, 1.82) is 0 Å². The van der Waals surface area contributed by atoms with Gasteiger partial charge in [0.25, 0.3) is 0 Å². The molecule has 2 unspecified atom stereocenters. The number of fused-ring (bicyclic) bond motifs is 1. The monoisotopic (exact) mass is 350 g/mol. The number of amides is 2. The maximum Gasteiger partial charge on any atom is 0.313 e. The Kier molecular flexibility index (Phi) is 3.83. The molecule has 4 heterocycles. The molecule has 0 aromatic heterocycles. The molecule has 2 bridgehead atoms. The zero-order chi connectivity index (χ0) is 17.9. The third-order valence-corrected chi connectivity index (χ3v) is 6.35. The van der Waals surface area contributed by atoms with E-state index in [1.807, 2.05) is 16.7 Å². The molecule has 1 spiro atoms. The average molecular weight is 350 g/mol. The lowest BCUT2D eigenvalue weighted by Gasteiger charge is -2.34. The highest BCUT2D eigenvalue weighted by Gasteiger charge is 2.69. The van der Waals surface area contributed by atoms with Crippen molar-refractivity contribution in [1.82, 2.24) is 9.80 Å². The fourth-order valence-corrected chi connectivity index (χ4v) is 5.17. The van der Waals surface area contributed by atoms with Crippen LogP contribution >= 0.6 is 0 Å². The predicted molar refractivity (Wildman–Crippen MR) is 87.4 cm³/mol. The minimum absolute atomic E-state index is 0.0137. The zero-order valence-electron chi connectivity index (χ0n) is 15.1. The topological polar surface area (TPSA) is 76.2 Å². The van der Waals surface area contributed by atoms with Gasteiger partial charge in [-0.15, -0.1) is 0 Å². The molecule has 6 atom stereocenters. The summed E-state index contributed by atoms with van der Waals surface area (Å²) in [4.78, 5) is 41.1. The Balaban J connectivity index is 1.58. The minimum Gasteiger partial charge on any atom is -0.462 e. The van der Waals surface area contributed by atoms with Gasteiger partial charge in [-0.05, 0) is 25.7 Å². The maximum atomic E-state index is 13.4. The van der Waals surface area contributed by atoms with E-state index in [9.17, 15) is 14.4 Å². The molecule has 4 saturated heterocycles. The summed E-state index contributed by atoms with van der Waals surface area (Å²) < 4.78 is 11.3. The van der Waals surface area contributed by atoms with Crippen LogP contribution in [-0.2, 0) is 23.9 Å². The molecular formula is C18H26N2O5. The Morgan fingerprint density at radius 1 is 1.20 bits per heavy atom. The third-order valence-electron chi connectivity index (χ3n) is 6.35. The molecule has 0 N–H and O–H groups in total. The number of ether oxygens (including phenoxy) is 2. The molecule has 138 valence electrons. The highest BCUT2D eigenvalue weighted by Crippen LogP contribution is 2.55. The Bertz CT molecular complexity index is 623. The first-order chi connectivity index (χ1) is 11.8. The number of hydrogen-bond acceptors (Lipinski definition) is 5. The molecule has 25 heavy (non-hydrogen) atoms. The van der Waals surface area contributed by atoms with Gasteiger partial charge in [-0.1, -0.05) is 6.92 Å². The summed E-state index contributed by atoms with van der Waals surface area (Å²) in [5.41, 5.74) is -0.575. The van der Waals surface area contributed by atoms with Gasteiger partial charge in [0, 0.05) is 32.6 Å². The minimum atomic E-state index is -0.575. The molecule has 4 aliphatic heterocycles. The van der Waals surface area contributed by atoms with Crippen LogP contribution in [-0.4, -0.2) is 71.6 Å². The van der Waals surface area contributed by atoms with Crippen LogP contribution in [0, 0.1) is 17.8 Å². The first-order valence-electron chi connectivity index (χ1n) is 9.23. The number of hydrogen-bond donors (Lipinski definition) is 0. The second kappa shape index (κ2) is 5.69. The van der Waals surface area contributed by atoms with Crippen molar-refractivity contribution in [2.24, 2.45) is 17.8 Å². The molecule has 4 aliphatic rings. The molecule has 2 amide bonds. The summed E-state index contributed by atoms with van der Waals surface area (Å²) in [7, 11) is 0. The summed E-state index contributed by atoms with van der Waals surface area (Å²) in [6.45, 7) is 7.66. The molecule has 0 radical (unpaired) electrons. The first kappa shape index (κ1) is 16.8. The van der Waals surface area contributed by atoms with Crippen LogP contribution in [0.25, 0.3) is 0 Å². The first-order valence-corrected chi connectivity index (χ1v) is 9.23. The second-order valence-corrected chi connectivity index (χ2v) is 8.24. The van der Waals surface area contributed by atoms with Crippen molar-refractivity contribution in [3.63, 3.8) is 0 Å². The molecule has 4 fully saturated rings. The number of nitrogens with zero attached hydrogens (tertiary/aromatic N) is 2. The van der Waals surface area contributed by atoms with Crippen molar-refractivity contribution in [3.05, 3.63) is 0 Å². The van der Waals surface area contributed by atoms with Crippen molar-refractivity contribution >= 4 is 17.8 Å². The average Bonchev–Trinajstić information content (AvgIpc) is 3.18. The highest BCUT2D eigenvalue weighted by atomic mass is 16.6. The molecular weight excluding hydrogens is 324 g/mol. The summed E-state index contributed by atoms with van der Waals surface area (Å²) in [6, 6.07) is -0.0751. The maximum absolute atomic E-state index is 13.4.